The zero-order valence-corrected chi connectivity index (χ0v) is 9.25. The van der Waals surface area contributed by atoms with E-state index in [0.29, 0.717) is 12.0 Å². The maximum absolute atomic E-state index is 13.2. The third-order valence-corrected chi connectivity index (χ3v) is 2.15. The molecule has 0 atom stereocenters. The summed E-state index contributed by atoms with van der Waals surface area (Å²) in [5, 5.41) is 0. The first-order valence-electron chi connectivity index (χ1n) is 5.10. The van der Waals surface area contributed by atoms with E-state index in [9.17, 15) is 14.0 Å². The molecule has 0 spiro atoms. The summed E-state index contributed by atoms with van der Waals surface area (Å²) >= 11 is 0. The van der Waals surface area contributed by atoms with E-state index in [2.05, 4.69) is 4.74 Å². The Morgan fingerprint density at radius 1 is 1.31 bits per heavy atom. The van der Waals surface area contributed by atoms with Crippen molar-refractivity contribution in [3.8, 4) is 0 Å². The second-order valence-electron chi connectivity index (χ2n) is 3.21. The Balaban J connectivity index is 2.96. The highest BCUT2D eigenvalue weighted by molar-refractivity contribution is 6.40. The molecule has 0 unspecified atom stereocenters. The number of hydrogen-bond donors (Lipinski definition) is 0. The standard InChI is InChI=1S/C12H13FO3/c1-3-8-7-9(5-6-10(8)13)11(14)12(15)16-4-2/h5-7H,3-4H2,1-2H3. The van der Waals surface area contributed by atoms with Gasteiger partial charge in [-0.1, -0.05) is 6.92 Å². The van der Waals surface area contributed by atoms with E-state index in [1.54, 1.807) is 13.8 Å². The summed E-state index contributed by atoms with van der Waals surface area (Å²) in [5.41, 5.74) is 0.576. The van der Waals surface area contributed by atoms with Gasteiger partial charge in [-0.25, -0.2) is 9.18 Å². The maximum atomic E-state index is 13.2. The Labute approximate surface area is 93.2 Å². The van der Waals surface area contributed by atoms with Crippen LogP contribution in [0, 0.1) is 5.82 Å². The summed E-state index contributed by atoms with van der Waals surface area (Å²) < 4.78 is 17.7. The number of carbonyl (C=O) groups is 2. The van der Waals surface area contributed by atoms with E-state index in [1.807, 2.05) is 0 Å². The van der Waals surface area contributed by atoms with Gasteiger partial charge in [-0.05, 0) is 37.1 Å². The highest BCUT2D eigenvalue weighted by Crippen LogP contribution is 2.12. The van der Waals surface area contributed by atoms with Crippen molar-refractivity contribution >= 4 is 11.8 Å². The molecule has 0 aliphatic heterocycles. The van der Waals surface area contributed by atoms with Crippen molar-refractivity contribution < 1.29 is 18.7 Å². The van der Waals surface area contributed by atoms with Crippen molar-refractivity contribution in [2.75, 3.05) is 6.61 Å². The predicted molar refractivity (Wildman–Crippen MR) is 56.7 cm³/mol. The number of benzene rings is 1. The zero-order chi connectivity index (χ0) is 12.1. The van der Waals surface area contributed by atoms with Crippen molar-refractivity contribution in [2.45, 2.75) is 20.3 Å². The molecule has 0 amide bonds. The number of rotatable bonds is 4. The average Bonchev–Trinajstić information content (AvgIpc) is 2.29. The quantitative estimate of drug-likeness (QED) is 0.447. The summed E-state index contributed by atoms with van der Waals surface area (Å²) in [4.78, 5) is 22.7. The van der Waals surface area contributed by atoms with Gasteiger partial charge in [-0.3, -0.25) is 4.79 Å². The molecule has 0 fully saturated rings. The number of aryl methyl sites for hydroxylation is 1. The van der Waals surface area contributed by atoms with Crippen LogP contribution in [0.1, 0.15) is 29.8 Å². The molecule has 86 valence electrons. The first-order valence-corrected chi connectivity index (χ1v) is 5.10. The molecule has 3 nitrogen and oxygen atoms in total. The Morgan fingerprint density at radius 2 is 2.00 bits per heavy atom. The Kier molecular flexibility index (Phi) is 4.17. The van der Waals surface area contributed by atoms with Crippen LogP contribution < -0.4 is 0 Å². The summed E-state index contributed by atoms with van der Waals surface area (Å²) in [6.45, 7) is 3.54. The Morgan fingerprint density at radius 3 is 2.56 bits per heavy atom. The summed E-state index contributed by atoms with van der Waals surface area (Å²) in [5.74, 6) is -2.02. The molecule has 4 heteroatoms. The van der Waals surface area contributed by atoms with Crippen molar-refractivity contribution in [2.24, 2.45) is 0 Å². The highest BCUT2D eigenvalue weighted by atomic mass is 19.1. The van der Waals surface area contributed by atoms with Crippen LogP contribution in [0.3, 0.4) is 0 Å². The van der Waals surface area contributed by atoms with Crippen LogP contribution >= 0.6 is 0 Å². The maximum Gasteiger partial charge on any atom is 0.379 e. The van der Waals surface area contributed by atoms with E-state index in [0.717, 1.165) is 0 Å². The lowest BCUT2D eigenvalue weighted by Gasteiger charge is -2.04. The molecule has 1 aromatic rings. The number of halogens is 1. The molecule has 0 aliphatic rings. The molecule has 0 aliphatic carbocycles. The molecule has 0 heterocycles. The number of esters is 1. The number of ketones is 1. The van der Waals surface area contributed by atoms with Gasteiger partial charge in [0, 0.05) is 5.56 Å². The van der Waals surface area contributed by atoms with Gasteiger partial charge < -0.3 is 4.74 Å². The summed E-state index contributed by atoms with van der Waals surface area (Å²) in [7, 11) is 0. The zero-order valence-electron chi connectivity index (χ0n) is 9.25. The minimum atomic E-state index is -0.906. The molecule has 0 bridgehead atoms. The van der Waals surface area contributed by atoms with Crippen molar-refractivity contribution in [1.29, 1.82) is 0 Å². The third kappa shape index (κ3) is 2.66. The first kappa shape index (κ1) is 12.4. The van der Waals surface area contributed by atoms with Crippen LogP contribution in [-0.2, 0) is 16.0 Å². The fourth-order valence-corrected chi connectivity index (χ4v) is 1.30. The van der Waals surface area contributed by atoms with E-state index in [-0.39, 0.29) is 18.0 Å². The lowest BCUT2D eigenvalue weighted by atomic mass is 10.1. The van der Waals surface area contributed by atoms with Crippen molar-refractivity contribution in [3.05, 3.63) is 35.1 Å². The molecule has 1 aromatic carbocycles. The van der Waals surface area contributed by atoms with E-state index >= 15 is 0 Å². The van der Waals surface area contributed by atoms with Crippen molar-refractivity contribution in [1.82, 2.24) is 0 Å². The first-order chi connectivity index (χ1) is 7.60. The van der Waals surface area contributed by atoms with Gasteiger partial charge >= 0.3 is 5.97 Å². The molecule has 0 radical (unpaired) electrons. The molecule has 0 saturated carbocycles. The largest absolute Gasteiger partial charge is 0.460 e. The van der Waals surface area contributed by atoms with Crippen LogP contribution in [0.25, 0.3) is 0 Å². The van der Waals surface area contributed by atoms with Crippen molar-refractivity contribution in [3.63, 3.8) is 0 Å². The molecule has 0 aromatic heterocycles. The molecule has 0 N–H and O–H groups in total. The van der Waals surface area contributed by atoms with Crippen LogP contribution in [-0.4, -0.2) is 18.4 Å². The molecule has 0 saturated heterocycles. The van der Waals surface area contributed by atoms with Gasteiger partial charge in [0.1, 0.15) is 5.82 Å². The third-order valence-electron chi connectivity index (χ3n) is 2.15. The highest BCUT2D eigenvalue weighted by Gasteiger charge is 2.18. The fraction of sp³-hybridized carbons (Fsp3) is 0.333. The number of Topliss-reactive ketones (excluding diaryl/α,β-unsaturated/α-hetero) is 1. The minimum absolute atomic E-state index is 0.145. The average molecular weight is 224 g/mol. The normalized spacial score (nSPS) is 9.94. The van der Waals surface area contributed by atoms with Crippen LogP contribution in [0.4, 0.5) is 4.39 Å². The van der Waals surface area contributed by atoms with Gasteiger partial charge in [0.2, 0.25) is 0 Å². The van der Waals surface area contributed by atoms with Gasteiger partial charge in [0.25, 0.3) is 5.78 Å². The smallest absolute Gasteiger partial charge is 0.379 e. The van der Waals surface area contributed by atoms with Gasteiger partial charge in [-0.2, -0.15) is 0 Å². The number of carbonyl (C=O) groups excluding carboxylic acids is 2. The Hall–Kier alpha value is -1.71. The summed E-state index contributed by atoms with van der Waals surface area (Å²) in [6, 6.07) is 3.85. The van der Waals surface area contributed by atoms with Crippen LogP contribution in [0.15, 0.2) is 18.2 Å². The lowest BCUT2D eigenvalue weighted by molar-refractivity contribution is -0.137. The summed E-state index contributed by atoms with van der Waals surface area (Å²) in [6.07, 6.45) is 0.468. The monoisotopic (exact) mass is 224 g/mol. The van der Waals surface area contributed by atoms with E-state index in [1.165, 1.54) is 18.2 Å². The topological polar surface area (TPSA) is 43.4 Å². The number of hydrogen-bond acceptors (Lipinski definition) is 3. The second kappa shape index (κ2) is 5.39. The number of ether oxygens (including phenoxy) is 1. The second-order valence-corrected chi connectivity index (χ2v) is 3.21. The predicted octanol–water partition coefficient (Wildman–Crippen LogP) is 2.13. The van der Waals surface area contributed by atoms with E-state index in [4.69, 9.17) is 0 Å². The lowest BCUT2D eigenvalue weighted by Crippen LogP contribution is -2.17. The van der Waals surface area contributed by atoms with Crippen LogP contribution in [0.2, 0.25) is 0 Å². The molecular weight excluding hydrogens is 211 g/mol. The molecule has 16 heavy (non-hydrogen) atoms. The van der Waals surface area contributed by atoms with Crippen LogP contribution in [0.5, 0.6) is 0 Å². The molecular formula is C12H13FO3. The van der Waals surface area contributed by atoms with Gasteiger partial charge in [0.05, 0.1) is 6.61 Å². The fourth-order valence-electron chi connectivity index (χ4n) is 1.30. The SMILES string of the molecule is CCOC(=O)C(=O)c1ccc(F)c(CC)c1. The Bertz CT molecular complexity index is 413. The minimum Gasteiger partial charge on any atom is -0.460 e. The van der Waals surface area contributed by atoms with E-state index < -0.39 is 11.8 Å². The molecule has 1 rings (SSSR count). The van der Waals surface area contributed by atoms with Gasteiger partial charge in [0.15, 0.2) is 0 Å². The van der Waals surface area contributed by atoms with Gasteiger partial charge in [-0.15, -0.1) is 0 Å².